The van der Waals surface area contributed by atoms with Crippen molar-refractivity contribution in [3.8, 4) is 0 Å². The molecule has 0 aliphatic rings. The number of para-hydroxylation sites is 1. The molecule has 1 aromatic carbocycles. The van der Waals surface area contributed by atoms with Crippen LogP contribution in [0.2, 0.25) is 0 Å². The quantitative estimate of drug-likeness (QED) is 0.661. The molecule has 0 spiro atoms. The molecule has 0 aliphatic carbocycles. The number of carbonyl (C=O) groups excluding carboxylic acids is 2. The van der Waals surface area contributed by atoms with E-state index in [0.717, 1.165) is 11.1 Å². The smallest absolute Gasteiger partial charge is 0.313 e. The summed E-state index contributed by atoms with van der Waals surface area (Å²) in [5, 5.41) is 2.68. The Morgan fingerprint density at radius 2 is 1.65 bits per heavy atom. The van der Waals surface area contributed by atoms with Crippen molar-refractivity contribution in [1.82, 2.24) is 4.90 Å². The second kappa shape index (κ2) is 7.28. The van der Waals surface area contributed by atoms with Gasteiger partial charge in [-0.1, -0.05) is 30.4 Å². The lowest BCUT2D eigenvalue weighted by molar-refractivity contribution is -0.142. The van der Waals surface area contributed by atoms with Crippen molar-refractivity contribution >= 4 is 17.5 Å². The normalized spacial score (nSPS) is 9.70. The third kappa shape index (κ3) is 3.82. The van der Waals surface area contributed by atoms with Crippen LogP contribution < -0.4 is 5.32 Å². The number of anilines is 1. The minimum Gasteiger partial charge on any atom is -0.327 e. The number of amides is 2. The molecule has 0 saturated heterocycles. The molecule has 0 heterocycles. The van der Waals surface area contributed by atoms with Crippen LogP contribution in [0.5, 0.6) is 0 Å². The molecule has 1 aromatic rings. The first-order valence-electron chi connectivity index (χ1n) is 6.39. The van der Waals surface area contributed by atoms with E-state index >= 15 is 0 Å². The molecule has 0 aliphatic heterocycles. The molecule has 0 aromatic heterocycles. The van der Waals surface area contributed by atoms with Gasteiger partial charge in [0.2, 0.25) is 0 Å². The van der Waals surface area contributed by atoms with Crippen molar-refractivity contribution in [2.45, 2.75) is 13.8 Å². The molecule has 4 heteroatoms. The lowest BCUT2D eigenvalue weighted by Crippen LogP contribution is -2.40. The van der Waals surface area contributed by atoms with Crippen LogP contribution in [0, 0.1) is 13.8 Å². The van der Waals surface area contributed by atoms with E-state index in [4.69, 9.17) is 0 Å². The highest BCUT2D eigenvalue weighted by Gasteiger charge is 2.21. The lowest BCUT2D eigenvalue weighted by Gasteiger charge is -2.19. The Balaban J connectivity index is 2.86. The summed E-state index contributed by atoms with van der Waals surface area (Å²) >= 11 is 0. The van der Waals surface area contributed by atoms with Crippen molar-refractivity contribution < 1.29 is 9.59 Å². The summed E-state index contributed by atoms with van der Waals surface area (Å²) in [5.41, 5.74) is 2.53. The maximum absolute atomic E-state index is 12.1. The Morgan fingerprint density at radius 3 is 2.10 bits per heavy atom. The predicted octanol–water partition coefficient (Wildman–Crippen LogP) is 2.44. The monoisotopic (exact) mass is 272 g/mol. The highest BCUT2D eigenvalue weighted by molar-refractivity contribution is 6.39. The summed E-state index contributed by atoms with van der Waals surface area (Å²) < 4.78 is 0. The fourth-order valence-corrected chi connectivity index (χ4v) is 1.87. The van der Waals surface area contributed by atoms with Crippen LogP contribution in [0.1, 0.15) is 11.1 Å². The van der Waals surface area contributed by atoms with Crippen LogP contribution in [0.4, 0.5) is 5.69 Å². The predicted molar refractivity (Wildman–Crippen MR) is 81.5 cm³/mol. The first kappa shape index (κ1) is 15.7. The Kier molecular flexibility index (Phi) is 5.72. The number of benzene rings is 1. The van der Waals surface area contributed by atoms with Crippen LogP contribution in [0.25, 0.3) is 0 Å². The Hall–Kier alpha value is -2.36. The van der Waals surface area contributed by atoms with Crippen LogP contribution >= 0.6 is 0 Å². The lowest BCUT2D eigenvalue weighted by atomic mass is 10.1. The molecule has 0 unspecified atom stereocenters. The van der Waals surface area contributed by atoms with E-state index in [0.29, 0.717) is 18.8 Å². The molecular formula is C16H20N2O2. The van der Waals surface area contributed by atoms with E-state index in [-0.39, 0.29) is 0 Å². The van der Waals surface area contributed by atoms with Gasteiger partial charge >= 0.3 is 11.8 Å². The van der Waals surface area contributed by atoms with Gasteiger partial charge in [0.1, 0.15) is 0 Å². The summed E-state index contributed by atoms with van der Waals surface area (Å²) in [7, 11) is 0. The zero-order chi connectivity index (χ0) is 15.1. The van der Waals surface area contributed by atoms with E-state index in [9.17, 15) is 9.59 Å². The Labute approximate surface area is 119 Å². The van der Waals surface area contributed by atoms with Gasteiger partial charge in [-0.15, -0.1) is 13.2 Å². The first-order valence-corrected chi connectivity index (χ1v) is 6.39. The number of nitrogens with zero attached hydrogens (tertiary/aromatic N) is 1. The van der Waals surface area contributed by atoms with Crippen molar-refractivity contribution in [2.24, 2.45) is 0 Å². The van der Waals surface area contributed by atoms with Crippen LogP contribution in [0.15, 0.2) is 43.5 Å². The van der Waals surface area contributed by atoms with Crippen molar-refractivity contribution in [1.29, 1.82) is 0 Å². The molecule has 20 heavy (non-hydrogen) atoms. The minimum absolute atomic E-state index is 0.311. The molecule has 106 valence electrons. The molecule has 4 nitrogen and oxygen atoms in total. The summed E-state index contributed by atoms with van der Waals surface area (Å²) in [5.74, 6) is -1.24. The van der Waals surface area contributed by atoms with E-state index in [2.05, 4.69) is 18.5 Å². The van der Waals surface area contributed by atoms with E-state index in [1.165, 1.54) is 4.90 Å². The molecule has 0 saturated carbocycles. The number of hydrogen-bond donors (Lipinski definition) is 1. The van der Waals surface area contributed by atoms with Gasteiger partial charge in [0.05, 0.1) is 0 Å². The first-order chi connectivity index (χ1) is 9.51. The van der Waals surface area contributed by atoms with Gasteiger partial charge in [0.25, 0.3) is 0 Å². The third-order valence-electron chi connectivity index (χ3n) is 2.90. The number of carbonyl (C=O) groups is 2. The van der Waals surface area contributed by atoms with E-state index < -0.39 is 11.8 Å². The second-order valence-corrected chi connectivity index (χ2v) is 4.51. The molecule has 0 atom stereocenters. The maximum Gasteiger partial charge on any atom is 0.313 e. The molecule has 1 N–H and O–H groups in total. The Bertz CT molecular complexity index is 505. The van der Waals surface area contributed by atoms with Gasteiger partial charge in [-0.3, -0.25) is 9.59 Å². The number of aryl methyl sites for hydroxylation is 2. The standard InChI is InChI=1S/C16H20N2O2/c1-5-10-18(11-6-2)16(20)15(19)17-14-12(3)8-7-9-13(14)4/h5-9H,1-2,10-11H2,3-4H3,(H,17,19). The average molecular weight is 272 g/mol. The molecule has 0 radical (unpaired) electrons. The van der Waals surface area contributed by atoms with E-state index in [1.54, 1.807) is 12.2 Å². The topological polar surface area (TPSA) is 49.4 Å². The number of hydrogen-bond acceptors (Lipinski definition) is 2. The number of rotatable bonds is 5. The fourth-order valence-electron chi connectivity index (χ4n) is 1.87. The fraction of sp³-hybridized carbons (Fsp3) is 0.250. The van der Waals surface area contributed by atoms with Gasteiger partial charge in [0, 0.05) is 18.8 Å². The molecule has 1 rings (SSSR count). The summed E-state index contributed by atoms with van der Waals surface area (Å²) in [6.07, 6.45) is 3.15. The van der Waals surface area contributed by atoms with Crippen LogP contribution in [0.3, 0.4) is 0 Å². The second-order valence-electron chi connectivity index (χ2n) is 4.51. The van der Waals surface area contributed by atoms with E-state index in [1.807, 2.05) is 32.0 Å². The largest absolute Gasteiger partial charge is 0.327 e. The molecule has 0 fully saturated rings. The van der Waals surface area contributed by atoms with Crippen LogP contribution in [-0.4, -0.2) is 29.8 Å². The SMILES string of the molecule is C=CCN(CC=C)C(=O)C(=O)Nc1c(C)cccc1C. The van der Waals surface area contributed by atoms with Crippen molar-refractivity contribution in [3.63, 3.8) is 0 Å². The Morgan fingerprint density at radius 1 is 1.15 bits per heavy atom. The van der Waals surface area contributed by atoms with Gasteiger partial charge in [-0.05, 0) is 25.0 Å². The number of nitrogens with one attached hydrogen (secondary N) is 1. The van der Waals surface area contributed by atoms with Gasteiger partial charge in [-0.25, -0.2) is 0 Å². The summed E-state index contributed by atoms with van der Waals surface area (Å²) in [6, 6.07) is 5.68. The zero-order valence-electron chi connectivity index (χ0n) is 12.0. The molecular weight excluding hydrogens is 252 g/mol. The van der Waals surface area contributed by atoms with Gasteiger partial charge < -0.3 is 10.2 Å². The third-order valence-corrected chi connectivity index (χ3v) is 2.90. The van der Waals surface area contributed by atoms with Gasteiger partial charge in [0.15, 0.2) is 0 Å². The van der Waals surface area contributed by atoms with Gasteiger partial charge in [-0.2, -0.15) is 0 Å². The average Bonchev–Trinajstić information content (AvgIpc) is 2.42. The molecule has 2 amide bonds. The highest BCUT2D eigenvalue weighted by atomic mass is 16.2. The van der Waals surface area contributed by atoms with Crippen molar-refractivity contribution in [2.75, 3.05) is 18.4 Å². The summed E-state index contributed by atoms with van der Waals surface area (Å²) in [6.45, 7) is 11.5. The highest BCUT2D eigenvalue weighted by Crippen LogP contribution is 2.19. The van der Waals surface area contributed by atoms with Crippen LogP contribution in [-0.2, 0) is 9.59 Å². The minimum atomic E-state index is -0.647. The molecule has 0 bridgehead atoms. The van der Waals surface area contributed by atoms with Crippen molar-refractivity contribution in [3.05, 3.63) is 54.6 Å². The maximum atomic E-state index is 12.1. The zero-order valence-corrected chi connectivity index (χ0v) is 12.0. The summed E-state index contributed by atoms with van der Waals surface area (Å²) in [4.78, 5) is 25.5.